The van der Waals surface area contributed by atoms with Gasteiger partial charge in [-0.25, -0.2) is 0 Å². The molecule has 0 aliphatic heterocycles. The minimum atomic E-state index is -0.802. The Morgan fingerprint density at radius 3 is 1.03 bits per heavy atom. The van der Waals surface area contributed by atoms with E-state index in [1.165, 1.54) is 64.2 Å². The molecule has 6 nitrogen and oxygen atoms in total. The average Bonchev–Trinajstić information content (AvgIpc) is 3.24. The first-order valence-electron chi connectivity index (χ1n) is 24.0. The zero-order valence-corrected chi connectivity index (χ0v) is 38.4. The normalized spacial score (nSPS) is 13.1. The van der Waals surface area contributed by atoms with Crippen LogP contribution in [0.5, 0.6) is 0 Å². The Balaban J connectivity index is 4.50. The van der Waals surface area contributed by atoms with E-state index in [1.807, 2.05) is 60.8 Å². The van der Waals surface area contributed by atoms with Gasteiger partial charge in [-0.15, -0.1) is 0 Å². The van der Waals surface area contributed by atoms with Gasteiger partial charge >= 0.3 is 17.9 Å². The van der Waals surface area contributed by atoms with Crippen LogP contribution >= 0.6 is 0 Å². The molecule has 0 saturated heterocycles. The topological polar surface area (TPSA) is 78.9 Å². The molecule has 0 aliphatic rings. The van der Waals surface area contributed by atoms with Crippen LogP contribution in [-0.2, 0) is 28.6 Å². The number of carbonyl (C=O) groups is 3. The number of carbonyl (C=O) groups excluding carboxylic acids is 3. The molecule has 0 rings (SSSR count). The van der Waals surface area contributed by atoms with E-state index in [-0.39, 0.29) is 31.1 Å². The summed E-state index contributed by atoms with van der Waals surface area (Å²) < 4.78 is 16.7. The van der Waals surface area contributed by atoms with Crippen molar-refractivity contribution < 1.29 is 28.6 Å². The van der Waals surface area contributed by atoms with Crippen LogP contribution in [-0.4, -0.2) is 37.2 Å². The van der Waals surface area contributed by atoms with Crippen molar-refractivity contribution in [3.05, 3.63) is 109 Å². The largest absolute Gasteiger partial charge is 0.462 e. The van der Waals surface area contributed by atoms with Crippen molar-refractivity contribution in [1.29, 1.82) is 0 Å². The summed E-state index contributed by atoms with van der Waals surface area (Å²) in [5, 5.41) is 0. The van der Waals surface area contributed by atoms with E-state index in [0.717, 1.165) is 89.9 Å². The van der Waals surface area contributed by atoms with Gasteiger partial charge in [-0.3, -0.25) is 14.4 Å². The van der Waals surface area contributed by atoms with Gasteiger partial charge in [0.25, 0.3) is 0 Å². The maximum atomic E-state index is 12.8. The standard InChI is InChI=1S/C54H86O6/c1-4-7-10-13-16-19-22-24-26-27-29-30-32-35-38-41-44-47-53(56)59-50-51(49-58-52(55)46-43-40-37-34-21-18-15-12-9-6-3)60-54(57)48-45-42-39-36-33-31-28-25-23-20-17-14-11-8-5-2/h7-8,10-11,13-14,16-17,19-20,22-24,26-27,29-30,32,51H,4-6,9,12,15,18,21,25,28,31,33-50H2,1-3H3/b10-7-,11-8-,16-13-,17-14-,22-19-,23-20-,26-24-,29-27+,32-30-. The lowest BCUT2D eigenvalue weighted by molar-refractivity contribution is -0.167. The predicted molar refractivity (Wildman–Crippen MR) is 256 cm³/mol. The third-order valence-corrected chi connectivity index (χ3v) is 9.75. The molecule has 0 spiro atoms. The van der Waals surface area contributed by atoms with Gasteiger partial charge in [-0.2, -0.15) is 0 Å². The molecule has 0 fully saturated rings. The highest BCUT2D eigenvalue weighted by Gasteiger charge is 2.19. The molecule has 0 aromatic carbocycles. The molecule has 0 N–H and O–H groups in total. The van der Waals surface area contributed by atoms with Crippen LogP contribution < -0.4 is 0 Å². The lowest BCUT2D eigenvalue weighted by Crippen LogP contribution is -2.30. The number of hydrogen-bond donors (Lipinski definition) is 0. The van der Waals surface area contributed by atoms with Crippen molar-refractivity contribution in [2.45, 2.75) is 200 Å². The van der Waals surface area contributed by atoms with Crippen molar-refractivity contribution >= 4 is 17.9 Å². The van der Waals surface area contributed by atoms with Crippen LogP contribution in [0.15, 0.2) is 109 Å². The van der Waals surface area contributed by atoms with Gasteiger partial charge in [-0.05, 0) is 57.8 Å². The Morgan fingerprint density at radius 1 is 0.350 bits per heavy atom. The highest BCUT2D eigenvalue weighted by Crippen LogP contribution is 2.14. The summed E-state index contributed by atoms with van der Waals surface area (Å²) in [5.41, 5.74) is 0. The molecule has 1 unspecified atom stereocenters. The Hall–Kier alpha value is -3.93. The highest BCUT2D eigenvalue weighted by molar-refractivity contribution is 5.71. The fraction of sp³-hybridized carbons (Fsp3) is 0.611. The quantitative estimate of drug-likeness (QED) is 0.0264. The van der Waals surface area contributed by atoms with Crippen LogP contribution in [0.1, 0.15) is 194 Å². The third-order valence-electron chi connectivity index (χ3n) is 9.75. The summed E-state index contributed by atoms with van der Waals surface area (Å²) in [7, 11) is 0. The zero-order valence-electron chi connectivity index (χ0n) is 38.4. The lowest BCUT2D eigenvalue weighted by atomic mass is 10.1. The smallest absolute Gasteiger partial charge is 0.306 e. The molecule has 0 heterocycles. The van der Waals surface area contributed by atoms with E-state index in [4.69, 9.17) is 14.2 Å². The van der Waals surface area contributed by atoms with Crippen LogP contribution in [0, 0.1) is 0 Å². The first kappa shape index (κ1) is 56.1. The van der Waals surface area contributed by atoms with E-state index in [9.17, 15) is 14.4 Å². The van der Waals surface area contributed by atoms with E-state index in [2.05, 4.69) is 69.4 Å². The molecular weight excluding hydrogens is 745 g/mol. The van der Waals surface area contributed by atoms with Crippen LogP contribution in [0.4, 0.5) is 0 Å². The molecule has 0 bridgehead atoms. The van der Waals surface area contributed by atoms with Crippen LogP contribution in [0.3, 0.4) is 0 Å². The number of allylic oxidation sites excluding steroid dienone is 18. The lowest BCUT2D eigenvalue weighted by Gasteiger charge is -2.18. The summed E-state index contributed by atoms with van der Waals surface area (Å²) in [5.74, 6) is -0.966. The van der Waals surface area contributed by atoms with Gasteiger partial charge in [-0.1, -0.05) is 226 Å². The molecule has 338 valence electrons. The van der Waals surface area contributed by atoms with Crippen molar-refractivity contribution in [2.24, 2.45) is 0 Å². The monoisotopic (exact) mass is 831 g/mol. The van der Waals surface area contributed by atoms with Crippen molar-refractivity contribution in [3.8, 4) is 0 Å². The second kappa shape index (κ2) is 47.7. The SMILES string of the molecule is CC\C=C/C=C\C=C/C=C\C=C\C=C/CCCCCC(=O)OCC(COC(=O)CCCCCCCCCCCC)OC(=O)CCCCCCCCC\C=C/C=C\C=C/CC. The number of esters is 3. The first-order valence-corrected chi connectivity index (χ1v) is 24.0. The van der Waals surface area contributed by atoms with Gasteiger partial charge in [0.15, 0.2) is 6.10 Å². The Labute approximate surface area is 368 Å². The molecule has 0 amide bonds. The summed E-state index contributed by atoms with van der Waals surface area (Å²) in [6.07, 6.45) is 63.5. The molecule has 0 saturated carbocycles. The van der Waals surface area contributed by atoms with Crippen LogP contribution in [0.2, 0.25) is 0 Å². The number of hydrogen-bond acceptors (Lipinski definition) is 6. The van der Waals surface area contributed by atoms with Gasteiger partial charge in [0.1, 0.15) is 13.2 Å². The molecule has 0 aromatic rings. The van der Waals surface area contributed by atoms with Gasteiger partial charge < -0.3 is 14.2 Å². The van der Waals surface area contributed by atoms with E-state index in [0.29, 0.717) is 19.3 Å². The minimum absolute atomic E-state index is 0.0987. The van der Waals surface area contributed by atoms with Crippen LogP contribution in [0.25, 0.3) is 0 Å². The summed E-state index contributed by atoms with van der Waals surface area (Å²) in [6, 6.07) is 0. The Bertz CT molecular complexity index is 1280. The summed E-state index contributed by atoms with van der Waals surface area (Å²) in [4.78, 5) is 37.8. The molecule has 1 atom stereocenters. The molecular formula is C54H86O6. The first-order chi connectivity index (χ1) is 29.5. The maximum Gasteiger partial charge on any atom is 0.306 e. The van der Waals surface area contributed by atoms with E-state index < -0.39 is 6.10 Å². The van der Waals surface area contributed by atoms with Gasteiger partial charge in [0, 0.05) is 19.3 Å². The number of ether oxygens (including phenoxy) is 3. The summed E-state index contributed by atoms with van der Waals surface area (Å²) >= 11 is 0. The second-order valence-electron chi connectivity index (χ2n) is 15.5. The van der Waals surface area contributed by atoms with E-state index >= 15 is 0 Å². The third kappa shape index (κ3) is 45.2. The highest BCUT2D eigenvalue weighted by atomic mass is 16.6. The zero-order chi connectivity index (χ0) is 43.7. The molecule has 0 radical (unpaired) electrons. The van der Waals surface area contributed by atoms with E-state index in [1.54, 1.807) is 0 Å². The fourth-order valence-electron chi connectivity index (χ4n) is 6.18. The second-order valence-corrected chi connectivity index (χ2v) is 15.5. The van der Waals surface area contributed by atoms with Crippen molar-refractivity contribution in [3.63, 3.8) is 0 Å². The number of rotatable bonds is 41. The predicted octanol–water partition coefficient (Wildman–Crippen LogP) is 15.6. The van der Waals surface area contributed by atoms with Crippen molar-refractivity contribution in [2.75, 3.05) is 13.2 Å². The van der Waals surface area contributed by atoms with Gasteiger partial charge in [0.05, 0.1) is 0 Å². The molecule has 0 aromatic heterocycles. The number of unbranched alkanes of at least 4 members (excludes halogenated alkanes) is 19. The maximum absolute atomic E-state index is 12.8. The Morgan fingerprint density at radius 2 is 0.650 bits per heavy atom. The minimum Gasteiger partial charge on any atom is -0.462 e. The van der Waals surface area contributed by atoms with Gasteiger partial charge in [0.2, 0.25) is 0 Å². The Kier molecular flexibility index (Phi) is 44.6. The molecule has 6 heteroatoms. The summed E-state index contributed by atoms with van der Waals surface area (Å²) in [6.45, 7) is 6.28. The average molecular weight is 831 g/mol. The van der Waals surface area contributed by atoms with Crippen molar-refractivity contribution in [1.82, 2.24) is 0 Å². The molecule has 0 aliphatic carbocycles. The fourth-order valence-corrected chi connectivity index (χ4v) is 6.18. The molecule has 60 heavy (non-hydrogen) atoms.